The van der Waals surface area contributed by atoms with Crippen LogP contribution in [0.15, 0.2) is 30.3 Å². The predicted octanol–water partition coefficient (Wildman–Crippen LogP) is 2.75. The van der Waals surface area contributed by atoms with Gasteiger partial charge in [0.2, 0.25) is 5.79 Å². The SMILES string of the molecule is CC(=O)O[C@@H]1[C@H](OC(=O)C(C)C)CO[C@@]2(CN3CCC(NC(=O)OCc4ccccc4)CC3)OC(C)(C)O[C@@H]12. The van der Waals surface area contributed by atoms with Crippen molar-refractivity contribution in [3.63, 3.8) is 0 Å². The summed E-state index contributed by atoms with van der Waals surface area (Å²) in [5, 5.41) is 2.95. The molecule has 0 aromatic heterocycles. The normalized spacial score (nSPS) is 28.9. The van der Waals surface area contributed by atoms with Crippen molar-refractivity contribution in [2.45, 2.75) is 90.0 Å². The van der Waals surface area contributed by atoms with Gasteiger partial charge in [-0.1, -0.05) is 44.2 Å². The van der Waals surface area contributed by atoms with Crippen molar-refractivity contribution in [2.24, 2.45) is 5.92 Å². The number of nitrogens with zero attached hydrogens (tertiary/aromatic N) is 1. The Kier molecular flexibility index (Phi) is 9.15. The number of hydrogen-bond acceptors (Lipinski definition) is 10. The van der Waals surface area contributed by atoms with Crippen LogP contribution < -0.4 is 5.32 Å². The van der Waals surface area contributed by atoms with E-state index in [0.29, 0.717) is 32.5 Å². The first kappa shape index (κ1) is 29.3. The van der Waals surface area contributed by atoms with E-state index in [4.69, 9.17) is 28.4 Å². The van der Waals surface area contributed by atoms with Gasteiger partial charge < -0.3 is 33.7 Å². The zero-order valence-corrected chi connectivity index (χ0v) is 23.3. The van der Waals surface area contributed by atoms with Crippen LogP contribution in [0.2, 0.25) is 0 Å². The van der Waals surface area contributed by atoms with Gasteiger partial charge in [0, 0.05) is 26.1 Å². The summed E-state index contributed by atoms with van der Waals surface area (Å²) in [4.78, 5) is 38.8. The summed E-state index contributed by atoms with van der Waals surface area (Å²) in [5.41, 5.74) is 0.929. The predicted molar refractivity (Wildman–Crippen MR) is 138 cm³/mol. The number of likely N-dealkylation sites (tertiary alicyclic amines) is 1. The molecule has 0 saturated carbocycles. The number of benzene rings is 1. The molecule has 0 spiro atoms. The van der Waals surface area contributed by atoms with Gasteiger partial charge in [-0.05, 0) is 32.3 Å². The standard InChI is InChI=1S/C28H40N2O9/c1-18(2)25(32)37-22-16-35-28(24(23(22)36-19(3)31)38-27(4,5)39-28)17-30-13-11-21(12-14-30)29-26(33)34-15-20-9-7-6-8-10-20/h6-10,18,21-24H,11-17H2,1-5H3,(H,29,33)/t22-,23-,24+,28+/m1/s1. The number of carbonyl (C=O) groups excluding carboxylic acids is 3. The molecule has 4 atom stereocenters. The van der Waals surface area contributed by atoms with Gasteiger partial charge in [-0.25, -0.2) is 4.79 Å². The van der Waals surface area contributed by atoms with Crippen LogP contribution in [0.1, 0.15) is 53.0 Å². The molecule has 0 bridgehead atoms. The molecule has 0 radical (unpaired) electrons. The van der Waals surface area contributed by atoms with Gasteiger partial charge in [-0.15, -0.1) is 0 Å². The Labute approximate surface area is 229 Å². The molecule has 1 amide bonds. The molecule has 0 aliphatic carbocycles. The fourth-order valence-corrected chi connectivity index (χ4v) is 5.20. The number of amides is 1. The van der Waals surface area contributed by atoms with Crippen molar-refractivity contribution in [2.75, 3.05) is 26.2 Å². The molecule has 216 valence electrons. The summed E-state index contributed by atoms with van der Waals surface area (Å²) in [6.45, 7) is 10.2. The Balaban J connectivity index is 1.36. The Morgan fingerprint density at radius 1 is 1.10 bits per heavy atom. The van der Waals surface area contributed by atoms with Gasteiger partial charge in [0.1, 0.15) is 6.61 Å². The van der Waals surface area contributed by atoms with Gasteiger partial charge >= 0.3 is 18.0 Å². The van der Waals surface area contributed by atoms with Crippen LogP contribution in [-0.4, -0.2) is 85.1 Å². The first-order valence-electron chi connectivity index (χ1n) is 13.6. The molecule has 3 fully saturated rings. The third-order valence-corrected chi connectivity index (χ3v) is 7.03. The number of ether oxygens (including phenoxy) is 6. The van der Waals surface area contributed by atoms with Crippen LogP contribution in [0.5, 0.6) is 0 Å². The second kappa shape index (κ2) is 12.2. The van der Waals surface area contributed by atoms with Crippen LogP contribution in [0.3, 0.4) is 0 Å². The summed E-state index contributed by atoms with van der Waals surface area (Å²) in [7, 11) is 0. The molecule has 3 aliphatic heterocycles. The van der Waals surface area contributed by atoms with Crippen molar-refractivity contribution in [3.05, 3.63) is 35.9 Å². The molecule has 1 aromatic carbocycles. The van der Waals surface area contributed by atoms with Crippen molar-refractivity contribution < 1.29 is 42.8 Å². The van der Waals surface area contributed by atoms with Crippen LogP contribution in [0, 0.1) is 5.92 Å². The molecule has 0 unspecified atom stereocenters. The molecule has 39 heavy (non-hydrogen) atoms. The highest BCUT2D eigenvalue weighted by Gasteiger charge is 2.64. The van der Waals surface area contributed by atoms with Crippen molar-refractivity contribution in [1.82, 2.24) is 10.2 Å². The zero-order valence-electron chi connectivity index (χ0n) is 23.3. The number of fused-ring (bicyclic) bond motifs is 1. The molecule has 11 heteroatoms. The second-order valence-corrected chi connectivity index (χ2v) is 11.1. The quantitative estimate of drug-likeness (QED) is 0.383. The topological polar surface area (TPSA) is 122 Å². The number of hydrogen-bond donors (Lipinski definition) is 1. The smallest absolute Gasteiger partial charge is 0.407 e. The number of carbonyl (C=O) groups is 3. The minimum atomic E-state index is -1.22. The molecule has 3 aliphatic rings. The summed E-state index contributed by atoms with van der Waals surface area (Å²) in [6, 6.07) is 9.52. The molecule has 1 N–H and O–H groups in total. The highest BCUT2D eigenvalue weighted by molar-refractivity contribution is 5.72. The lowest BCUT2D eigenvalue weighted by Gasteiger charge is -2.46. The third-order valence-electron chi connectivity index (χ3n) is 7.03. The van der Waals surface area contributed by atoms with E-state index in [0.717, 1.165) is 5.56 Å². The zero-order chi connectivity index (χ0) is 28.2. The van der Waals surface area contributed by atoms with E-state index in [2.05, 4.69) is 10.2 Å². The molecule has 1 aromatic rings. The summed E-state index contributed by atoms with van der Waals surface area (Å²) >= 11 is 0. The van der Waals surface area contributed by atoms with Crippen LogP contribution in [-0.2, 0) is 44.6 Å². The maximum Gasteiger partial charge on any atom is 0.407 e. The van der Waals surface area contributed by atoms with Gasteiger partial charge in [-0.3, -0.25) is 14.5 Å². The maximum absolute atomic E-state index is 12.3. The number of piperidine rings is 1. The Bertz CT molecular complexity index is 1010. The van der Waals surface area contributed by atoms with E-state index < -0.39 is 47.9 Å². The fraction of sp³-hybridized carbons (Fsp3) is 0.679. The monoisotopic (exact) mass is 548 g/mol. The van der Waals surface area contributed by atoms with Gasteiger partial charge in [0.15, 0.2) is 24.1 Å². The average Bonchev–Trinajstić information content (AvgIpc) is 3.16. The van der Waals surface area contributed by atoms with Gasteiger partial charge in [0.25, 0.3) is 0 Å². The van der Waals surface area contributed by atoms with Gasteiger partial charge in [-0.2, -0.15) is 0 Å². The maximum atomic E-state index is 12.3. The van der Waals surface area contributed by atoms with Crippen LogP contribution in [0.25, 0.3) is 0 Å². The Morgan fingerprint density at radius 3 is 2.44 bits per heavy atom. The average molecular weight is 549 g/mol. The largest absolute Gasteiger partial charge is 0.456 e. The highest BCUT2D eigenvalue weighted by Crippen LogP contribution is 2.44. The van der Waals surface area contributed by atoms with Crippen molar-refractivity contribution >= 4 is 18.0 Å². The third kappa shape index (κ3) is 7.47. The first-order valence-corrected chi connectivity index (χ1v) is 13.6. The number of rotatable bonds is 8. The lowest BCUT2D eigenvalue weighted by atomic mass is 9.94. The number of alkyl carbamates (subject to hydrolysis) is 1. The molecule has 3 heterocycles. The minimum absolute atomic E-state index is 0.00236. The molecular formula is C28H40N2O9. The van der Waals surface area contributed by atoms with E-state index in [9.17, 15) is 14.4 Å². The van der Waals surface area contributed by atoms with E-state index in [1.165, 1.54) is 6.92 Å². The lowest BCUT2D eigenvalue weighted by Crippen LogP contribution is -2.65. The van der Waals surface area contributed by atoms with E-state index >= 15 is 0 Å². The van der Waals surface area contributed by atoms with Crippen molar-refractivity contribution in [3.8, 4) is 0 Å². The van der Waals surface area contributed by atoms with E-state index in [1.807, 2.05) is 30.3 Å². The van der Waals surface area contributed by atoms with E-state index in [1.54, 1.807) is 27.7 Å². The molecule has 3 saturated heterocycles. The second-order valence-electron chi connectivity index (χ2n) is 11.1. The summed E-state index contributed by atoms with van der Waals surface area (Å²) in [6.07, 6.45) is -1.53. The lowest BCUT2D eigenvalue weighted by molar-refractivity contribution is -0.301. The highest BCUT2D eigenvalue weighted by atomic mass is 16.9. The number of esters is 2. The molecule has 4 rings (SSSR count). The minimum Gasteiger partial charge on any atom is -0.456 e. The Hall–Kier alpha value is -2.73. The fourth-order valence-electron chi connectivity index (χ4n) is 5.20. The van der Waals surface area contributed by atoms with Crippen LogP contribution >= 0.6 is 0 Å². The first-order chi connectivity index (χ1) is 18.5. The van der Waals surface area contributed by atoms with Gasteiger partial charge in [0.05, 0.1) is 19.1 Å². The molecule has 11 nitrogen and oxygen atoms in total. The summed E-state index contributed by atoms with van der Waals surface area (Å²) < 4.78 is 35.4. The summed E-state index contributed by atoms with van der Waals surface area (Å²) in [5.74, 6) is -3.51. The molecular weight excluding hydrogens is 508 g/mol. The van der Waals surface area contributed by atoms with E-state index in [-0.39, 0.29) is 25.2 Å². The Morgan fingerprint density at radius 2 is 1.79 bits per heavy atom. The van der Waals surface area contributed by atoms with Crippen LogP contribution in [0.4, 0.5) is 4.79 Å². The van der Waals surface area contributed by atoms with Crippen molar-refractivity contribution in [1.29, 1.82) is 0 Å². The number of nitrogens with one attached hydrogen (secondary N) is 1.